The highest BCUT2D eigenvalue weighted by molar-refractivity contribution is 5.40. The van der Waals surface area contributed by atoms with Crippen molar-refractivity contribution in [2.75, 3.05) is 5.73 Å². The van der Waals surface area contributed by atoms with Crippen LogP contribution < -0.4 is 5.73 Å². The number of aliphatic hydroxyl groups is 1. The van der Waals surface area contributed by atoms with Gasteiger partial charge >= 0.3 is 0 Å². The number of nitrogens with two attached hydrogens (primary N) is 1. The maximum Gasteiger partial charge on any atom is 0.0681 e. The quantitative estimate of drug-likeness (QED) is 0.801. The van der Waals surface area contributed by atoms with Gasteiger partial charge in [-0.1, -0.05) is 36.4 Å². The first-order valence-corrected chi connectivity index (χ1v) is 7.52. The summed E-state index contributed by atoms with van der Waals surface area (Å²) in [5, 5.41) is 9.11. The summed E-state index contributed by atoms with van der Waals surface area (Å²) in [6.07, 6.45) is 2.58. The normalized spacial score (nSPS) is 14.6. The van der Waals surface area contributed by atoms with Crippen molar-refractivity contribution < 1.29 is 5.11 Å². The smallest absolute Gasteiger partial charge is 0.0681 e. The third kappa shape index (κ3) is 3.84. The highest BCUT2D eigenvalue weighted by Crippen LogP contribution is 2.30. The van der Waals surface area contributed by atoms with Gasteiger partial charge in [-0.3, -0.25) is 4.90 Å². The second-order valence-electron chi connectivity index (χ2n) is 5.86. The van der Waals surface area contributed by atoms with Crippen LogP contribution in [0.4, 0.5) is 5.69 Å². The molecular weight excluding hydrogens is 260 g/mol. The molecule has 3 rings (SSSR count). The van der Waals surface area contributed by atoms with E-state index in [-0.39, 0.29) is 6.61 Å². The Morgan fingerprint density at radius 3 is 2.24 bits per heavy atom. The Balaban J connectivity index is 1.69. The molecular formula is C18H22N2O. The summed E-state index contributed by atoms with van der Waals surface area (Å²) < 4.78 is 0. The van der Waals surface area contributed by atoms with Crippen LogP contribution in [0.2, 0.25) is 0 Å². The second-order valence-corrected chi connectivity index (χ2v) is 5.86. The van der Waals surface area contributed by atoms with Crippen molar-refractivity contribution in [2.45, 2.75) is 38.6 Å². The van der Waals surface area contributed by atoms with Gasteiger partial charge in [-0.05, 0) is 41.7 Å². The number of benzene rings is 2. The van der Waals surface area contributed by atoms with Crippen LogP contribution in [0.25, 0.3) is 0 Å². The number of anilines is 1. The fraction of sp³-hybridized carbons (Fsp3) is 0.333. The number of nitrogens with zero attached hydrogens (tertiary/aromatic N) is 1. The van der Waals surface area contributed by atoms with Crippen LogP contribution in [0, 0.1) is 0 Å². The van der Waals surface area contributed by atoms with Crippen LogP contribution in [0.5, 0.6) is 0 Å². The molecule has 0 aliphatic heterocycles. The van der Waals surface area contributed by atoms with Gasteiger partial charge in [0.15, 0.2) is 0 Å². The van der Waals surface area contributed by atoms with Crippen LogP contribution in [-0.4, -0.2) is 16.0 Å². The molecule has 3 N–H and O–H groups in total. The molecule has 1 aliphatic rings. The van der Waals surface area contributed by atoms with Crippen molar-refractivity contribution in [1.82, 2.24) is 4.90 Å². The lowest BCUT2D eigenvalue weighted by molar-refractivity contribution is 0.245. The van der Waals surface area contributed by atoms with E-state index in [1.807, 2.05) is 24.3 Å². The van der Waals surface area contributed by atoms with Gasteiger partial charge in [0.05, 0.1) is 6.61 Å². The Morgan fingerprint density at radius 2 is 1.62 bits per heavy atom. The molecule has 0 radical (unpaired) electrons. The van der Waals surface area contributed by atoms with E-state index in [1.54, 1.807) is 0 Å². The lowest BCUT2D eigenvalue weighted by Crippen LogP contribution is -2.25. The SMILES string of the molecule is Nc1cccc(CN(Cc2ccc(CO)cc2)C2CC2)c1. The van der Waals surface area contributed by atoms with E-state index < -0.39 is 0 Å². The van der Waals surface area contributed by atoms with Crippen LogP contribution in [-0.2, 0) is 19.7 Å². The highest BCUT2D eigenvalue weighted by atomic mass is 16.3. The minimum Gasteiger partial charge on any atom is -0.399 e. The van der Waals surface area contributed by atoms with Crippen molar-refractivity contribution in [2.24, 2.45) is 0 Å². The number of hydrogen-bond acceptors (Lipinski definition) is 3. The van der Waals surface area contributed by atoms with Crippen molar-refractivity contribution in [3.8, 4) is 0 Å². The maximum absolute atomic E-state index is 9.11. The predicted molar refractivity (Wildman–Crippen MR) is 85.5 cm³/mol. The minimum atomic E-state index is 0.107. The molecule has 0 amide bonds. The fourth-order valence-corrected chi connectivity index (χ4v) is 2.66. The predicted octanol–water partition coefficient (Wildman–Crippen LogP) is 2.93. The van der Waals surface area contributed by atoms with Crippen molar-refractivity contribution >= 4 is 5.69 Å². The number of rotatable bonds is 6. The fourth-order valence-electron chi connectivity index (χ4n) is 2.66. The molecule has 0 atom stereocenters. The van der Waals surface area contributed by atoms with Gasteiger partial charge in [0.25, 0.3) is 0 Å². The summed E-state index contributed by atoms with van der Waals surface area (Å²) in [6, 6.07) is 17.1. The van der Waals surface area contributed by atoms with Crippen LogP contribution >= 0.6 is 0 Å². The first-order chi connectivity index (χ1) is 10.2. The molecule has 1 aliphatic carbocycles. The minimum absolute atomic E-state index is 0.107. The van der Waals surface area contributed by atoms with Gasteiger partial charge in [-0.15, -0.1) is 0 Å². The standard InChI is InChI=1S/C18H22N2O/c19-17-3-1-2-16(10-17)12-20(18-8-9-18)11-14-4-6-15(13-21)7-5-14/h1-7,10,18,21H,8-9,11-13,19H2. The molecule has 110 valence electrons. The zero-order valence-electron chi connectivity index (χ0n) is 12.2. The van der Waals surface area contributed by atoms with Gasteiger partial charge in [-0.25, -0.2) is 0 Å². The van der Waals surface area contributed by atoms with E-state index >= 15 is 0 Å². The Bertz CT molecular complexity index is 590. The van der Waals surface area contributed by atoms with Gasteiger partial charge in [0, 0.05) is 24.8 Å². The van der Waals surface area contributed by atoms with E-state index in [4.69, 9.17) is 10.8 Å². The molecule has 0 unspecified atom stereocenters. The monoisotopic (exact) mass is 282 g/mol. The zero-order valence-corrected chi connectivity index (χ0v) is 12.2. The Labute approximate surface area is 126 Å². The molecule has 2 aromatic rings. The Kier molecular flexibility index (Phi) is 4.23. The molecule has 0 bridgehead atoms. The summed E-state index contributed by atoms with van der Waals surface area (Å²) in [7, 11) is 0. The van der Waals surface area contributed by atoms with Crippen molar-refractivity contribution in [3.63, 3.8) is 0 Å². The van der Waals surface area contributed by atoms with Crippen molar-refractivity contribution in [3.05, 3.63) is 65.2 Å². The lowest BCUT2D eigenvalue weighted by Gasteiger charge is -2.22. The molecule has 1 fully saturated rings. The van der Waals surface area contributed by atoms with E-state index in [9.17, 15) is 0 Å². The second kappa shape index (κ2) is 6.29. The van der Waals surface area contributed by atoms with Crippen LogP contribution in [0.15, 0.2) is 48.5 Å². The maximum atomic E-state index is 9.11. The molecule has 1 saturated carbocycles. The average molecular weight is 282 g/mol. The van der Waals surface area contributed by atoms with Gasteiger partial charge in [0.1, 0.15) is 0 Å². The Hall–Kier alpha value is -1.84. The summed E-state index contributed by atoms with van der Waals surface area (Å²) in [5.74, 6) is 0. The summed E-state index contributed by atoms with van der Waals surface area (Å²) in [6.45, 7) is 2.00. The molecule has 3 heteroatoms. The third-order valence-corrected chi connectivity index (χ3v) is 3.99. The Morgan fingerprint density at radius 1 is 0.952 bits per heavy atom. The lowest BCUT2D eigenvalue weighted by atomic mass is 10.1. The first kappa shape index (κ1) is 14.1. The van der Waals surface area contributed by atoms with Gasteiger partial charge in [0.2, 0.25) is 0 Å². The first-order valence-electron chi connectivity index (χ1n) is 7.52. The van der Waals surface area contributed by atoms with E-state index in [0.717, 1.165) is 24.3 Å². The van der Waals surface area contributed by atoms with Gasteiger partial charge < -0.3 is 10.8 Å². The molecule has 0 heterocycles. The topological polar surface area (TPSA) is 49.5 Å². The molecule has 0 saturated heterocycles. The summed E-state index contributed by atoms with van der Waals surface area (Å²) >= 11 is 0. The van der Waals surface area contributed by atoms with E-state index in [0.29, 0.717) is 6.04 Å². The van der Waals surface area contributed by atoms with Crippen LogP contribution in [0.3, 0.4) is 0 Å². The molecule has 3 nitrogen and oxygen atoms in total. The zero-order chi connectivity index (χ0) is 14.7. The third-order valence-electron chi connectivity index (χ3n) is 3.99. The van der Waals surface area contributed by atoms with Gasteiger partial charge in [-0.2, -0.15) is 0 Å². The van der Waals surface area contributed by atoms with E-state index in [2.05, 4.69) is 29.2 Å². The van der Waals surface area contributed by atoms with Crippen molar-refractivity contribution in [1.29, 1.82) is 0 Å². The van der Waals surface area contributed by atoms with E-state index in [1.165, 1.54) is 24.0 Å². The molecule has 21 heavy (non-hydrogen) atoms. The molecule has 0 aromatic heterocycles. The molecule has 2 aromatic carbocycles. The number of nitrogen functional groups attached to an aromatic ring is 1. The summed E-state index contributed by atoms with van der Waals surface area (Å²) in [5.41, 5.74) is 10.2. The van der Waals surface area contributed by atoms with Crippen LogP contribution in [0.1, 0.15) is 29.5 Å². The largest absolute Gasteiger partial charge is 0.399 e. The average Bonchev–Trinajstić information content (AvgIpc) is 3.32. The summed E-state index contributed by atoms with van der Waals surface area (Å²) in [4.78, 5) is 2.52. The number of hydrogen-bond donors (Lipinski definition) is 2. The molecule has 0 spiro atoms. The number of aliphatic hydroxyl groups excluding tert-OH is 1. The highest BCUT2D eigenvalue weighted by Gasteiger charge is 2.28.